The van der Waals surface area contributed by atoms with Gasteiger partial charge in [0.05, 0.1) is 12.7 Å². The topological polar surface area (TPSA) is 294 Å². The Kier molecular flexibility index (Phi) is 23.7. The Morgan fingerprint density at radius 2 is 1.11 bits per heavy atom. The number of aliphatic hydroxyl groups is 2. The quantitative estimate of drug-likeness (QED) is 0.170. The molecule has 0 fully saturated rings. The van der Waals surface area contributed by atoms with Gasteiger partial charge in [0.2, 0.25) is 0 Å². The molecule has 0 spiro atoms. The van der Waals surface area contributed by atoms with Gasteiger partial charge in [0, 0.05) is 5.75 Å². The van der Waals surface area contributed by atoms with E-state index in [4.69, 9.17) is 53.6 Å². The van der Waals surface area contributed by atoms with Crippen LogP contribution in [0.25, 0.3) is 0 Å². The first kappa shape index (κ1) is 33.6. The van der Waals surface area contributed by atoms with Crippen LogP contribution in [0.5, 0.6) is 0 Å². The van der Waals surface area contributed by atoms with Crippen molar-refractivity contribution >= 4 is 36.5 Å². The van der Waals surface area contributed by atoms with Gasteiger partial charge in [0.25, 0.3) is 0 Å². The van der Waals surface area contributed by atoms with Gasteiger partial charge in [0.15, 0.2) is 0 Å². The zero-order chi connectivity index (χ0) is 23.6. The Morgan fingerprint density at radius 3 is 1.11 bits per heavy atom. The molecule has 0 aromatic rings. The molecule has 14 nitrogen and oxygen atoms in total. The molecule has 0 amide bonds. The smallest absolute Gasteiger partial charge is 0.323 e. The fourth-order valence-electron chi connectivity index (χ4n) is 0.363. The minimum Gasteiger partial charge on any atom is -0.480 e. The van der Waals surface area contributed by atoms with Gasteiger partial charge in [-0.25, -0.2) is 0 Å². The highest BCUT2D eigenvalue weighted by Crippen LogP contribution is 1.85. The normalized spacial score (nSPS) is 14.6. The lowest BCUT2D eigenvalue weighted by molar-refractivity contribution is -0.141. The van der Waals surface area contributed by atoms with E-state index in [2.05, 4.69) is 12.6 Å². The van der Waals surface area contributed by atoms with Crippen LogP contribution < -0.4 is 22.9 Å². The third kappa shape index (κ3) is 26.2. The van der Waals surface area contributed by atoms with Gasteiger partial charge in [-0.3, -0.25) is 19.2 Å². The molecular weight excluding hydrogens is 404 g/mol. The van der Waals surface area contributed by atoms with Crippen LogP contribution in [-0.2, 0) is 19.2 Å². The summed E-state index contributed by atoms with van der Waals surface area (Å²) in [6.07, 6.45) is -0.979. The number of hydrogen-bond acceptors (Lipinski definition) is 11. The average molecular weight is 434 g/mol. The summed E-state index contributed by atoms with van der Waals surface area (Å²) in [6.45, 7) is 2.25. The molecule has 5 atom stereocenters. The molecule has 0 aromatic carbocycles. The second-order valence-electron chi connectivity index (χ2n) is 4.99. The number of carboxylic acid groups (broad SMARTS) is 4. The van der Waals surface area contributed by atoms with Crippen molar-refractivity contribution in [2.24, 2.45) is 22.9 Å². The van der Waals surface area contributed by atoms with Gasteiger partial charge in [-0.15, -0.1) is 0 Å². The van der Waals surface area contributed by atoms with Crippen LogP contribution in [0, 0.1) is 0 Å². The molecule has 0 aliphatic carbocycles. The van der Waals surface area contributed by atoms with Gasteiger partial charge < -0.3 is 53.6 Å². The first-order valence-corrected chi connectivity index (χ1v) is 8.03. The van der Waals surface area contributed by atoms with Crippen molar-refractivity contribution in [1.29, 1.82) is 0 Å². The highest BCUT2D eigenvalue weighted by molar-refractivity contribution is 7.80. The van der Waals surface area contributed by atoms with Crippen molar-refractivity contribution < 1.29 is 49.8 Å². The van der Waals surface area contributed by atoms with E-state index in [1.165, 1.54) is 13.8 Å². The lowest BCUT2D eigenvalue weighted by Gasteiger charge is -2.06. The van der Waals surface area contributed by atoms with E-state index in [1.807, 2.05) is 0 Å². The van der Waals surface area contributed by atoms with Gasteiger partial charge in [-0.2, -0.15) is 12.6 Å². The van der Waals surface area contributed by atoms with Crippen molar-refractivity contribution in [1.82, 2.24) is 0 Å². The third-order valence-corrected chi connectivity index (χ3v) is 2.62. The first-order valence-electron chi connectivity index (χ1n) is 7.39. The maximum absolute atomic E-state index is 9.86. The molecule has 14 N–H and O–H groups in total. The highest BCUT2D eigenvalue weighted by Gasteiger charge is 2.16. The van der Waals surface area contributed by atoms with E-state index in [1.54, 1.807) is 0 Å². The van der Waals surface area contributed by atoms with Crippen molar-refractivity contribution in [2.75, 3.05) is 12.4 Å². The van der Waals surface area contributed by atoms with Crippen molar-refractivity contribution in [3.05, 3.63) is 0 Å². The number of hydrogen-bond donors (Lipinski definition) is 11. The zero-order valence-corrected chi connectivity index (χ0v) is 16.3. The molecule has 0 aliphatic heterocycles. The Labute approximate surface area is 166 Å². The van der Waals surface area contributed by atoms with E-state index in [9.17, 15) is 19.2 Å². The molecule has 0 aliphatic rings. The summed E-state index contributed by atoms with van der Waals surface area (Å²) in [4.78, 5) is 38.8. The summed E-state index contributed by atoms with van der Waals surface area (Å²) in [5, 5.41) is 48.3. The molecule has 0 rings (SSSR count). The molecule has 0 unspecified atom stereocenters. The van der Waals surface area contributed by atoms with E-state index in [0.717, 1.165) is 0 Å². The van der Waals surface area contributed by atoms with Crippen LogP contribution in [0.3, 0.4) is 0 Å². The minimum absolute atomic E-state index is 0.190. The molecule has 28 heavy (non-hydrogen) atoms. The Morgan fingerprint density at radius 1 is 0.786 bits per heavy atom. The number of carbonyl (C=O) groups is 4. The molecule has 0 saturated carbocycles. The zero-order valence-electron chi connectivity index (χ0n) is 15.4. The van der Waals surface area contributed by atoms with Crippen LogP contribution >= 0.6 is 12.6 Å². The molecule has 0 saturated heterocycles. The molecule has 168 valence electrons. The highest BCUT2D eigenvalue weighted by atomic mass is 32.1. The number of rotatable bonds is 7. The standard InChI is InChI=1S/C4H9NO3.C3H7NO3.C3H7NO2S.C3H7NO2/c1-2(6)3(5)4(7)8;4-2(1-5)3(6)7;4-2(1-7)3(5)6;1-2(4)3(5)6/h2-3,6H,5H2,1H3,(H,7,8);2,5H,1,4H2,(H,6,7);2,7H,1,4H2,(H,5,6);2H,4H2,1H3,(H,5,6)/t2-,3+;3*2-/m1000/s1. The van der Waals surface area contributed by atoms with Crippen molar-refractivity contribution in [3.8, 4) is 0 Å². The third-order valence-electron chi connectivity index (χ3n) is 2.22. The largest absolute Gasteiger partial charge is 0.480 e. The summed E-state index contributed by atoms with van der Waals surface area (Å²) in [6, 6.07) is -3.83. The second kappa shape index (κ2) is 19.7. The second-order valence-corrected chi connectivity index (χ2v) is 5.35. The van der Waals surface area contributed by atoms with Gasteiger partial charge in [0.1, 0.15) is 24.2 Å². The number of carboxylic acids is 4. The lowest BCUT2D eigenvalue weighted by atomic mass is 10.2. The SMILES string of the molecule is C[C@@H](O)[C@H](N)C(=O)O.C[C@H](N)C(=O)O.N[C@@H](CO)C(=O)O.N[C@@H](CS)C(=O)O. The summed E-state index contributed by atoms with van der Waals surface area (Å²) in [5.41, 5.74) is 19.5. The summed E-state index contributed by atoms with van der Waals surface area (Å²) in [7, 11) is 0. The fourth-order valence-corrected chi connectivity index (χ4v) is 0.519. The summed E-state index contributed by atoms with van der Waals surface area (Å²) in [5.74, 6) is -4.14. The van der Waals surface area contributed by atoms with E-state index in [0.29, 0.717) is 0 Å². The van der Waals surface area contributed by atoms with Gasteiger partial charge >= 0.3 is 23.9 Å². The molecule has 0 bridgehead atoms. The molecule has 0 aromatic heterocycles. The van der Waals surface area contributed by atoms with Crippen LogP contribution in [0.2, 0.25) is 0 Å². The van der Waals surface area contributed by atoms with Crippen LogP contribution in [-0.4, -0.2) is 97.1 Å². The van der Waals surface area contributed by atoms with Crippen LogP contribution in [0.1, 0.15) is 13.8 Å². The van der Waals surface area contributed by atoms with Gasteiger partial charge in [-0.05, 0) is 13.8 Å². The van der Waals surface area contributed by atoms with Crippen molar-refractivity contribution in [2.45, 2.75) is 44.1 Å². The maximum Gasteiger partial charge on any atom is 0.323 e. The predicted molar refractivity (Wildman–Crippen MR) is 101 cm³/mol. The van der Waals surface area contributed by atoms with Gasteiger partial charge in [-0.1, -0.05) is 0 Å². The molecule has 15 heteroatoms. The number of aliphatic hydroxyl groups excluding tert-OH is 2. The molecule has 0 radical (unpaired) electrons. The van der Waals surface area contributed by atoms with Crippen LogP contribution in [0.15, 0.2) is 0 Å². The number of aliphatic carboxylic acids is 4. The summed E-state index contributed by atoms with van der Waals surface area (Å²) >= 11 is 3.65. The van der Waals surface area contributed by atoms with E-state index >= 15 is 0 Å². The minimum atomic E-state index is -1.18. The average Bonchev–Trinajstić information content (AvgIpc) is 2.60. The number of nitrogens with two attached hydrogens (primary N) is 4. The fraction of sp³-hybridized carbons (Fsp3) is 0.692. The Balaban J connectivity index is -0.000000138. The van der Waals surface area contributed by atoms with E-state index < -0.39 is 60.8 Å². The Bertz CT molecular complexity index is 445. The predicted octanol–water partition coefficient (Wildman–Crippen LogP) is -4.08. The first-order chi connectivity index (χ1) is 12.6. The lowest BCUT2D eigenvalue weighted by Crippen LogP contribution is -2.39. The summed E-state index contributed by atoms with van der Waals surface area (Å²) < 4.78 is 0. The van der Waals surface area contributed by atoms with Crippen LogP contribution in [0.4, 0.5) is 0 Å². The Hall–Kier alpha value is -2.01. The number of thiol groups is 1. The monoisotopic (exact) mass is 434 g/mol. The van der Waals surface area contributed by atoms with E-state index in [-0.39, 0.29) is 5.75 Å². The maximum atomic E-state index is 9.86. The molecular formula is C13H30N4O10S. The van der Waals surface area contributed by atoms with Crippen molar-refractivity contribution in [3.63, 3.8) is 0 Å². The molecule has 0 heterocycles.